The molecule has 4 nitrogen and oxygen atoms in total. The van der Waals surface area contributed by atoms with E-state index in [-0.39, 0.29) is 5.69 Å². The van der Waals surface area contributed by atoms with Crippen LogP contribution in [-0.4, -0.2) is 4.92 Å². The number of nitrogen functional groups attached to an aromatic ring is 1. The van der Waals surface area contributed by atoms with Gasteiger partial charge >= 0.3 is 0 Å². The van der Waals surface area contributed by atoms with E-state index in [4.69, 9.17) is 5.73 Å². The van der Waals surface area contributed by atoms with Gasteiger partial charge in [0.05, 0.1) is 16.0 Å². The molecule has 6 heteroatoms. The largest absolute Gasteiger partial charge is 0.391 e. The fourth-order valence-corrected chi connectivity index (χ4v) is 2.15. The number of thiophene rings is 1. The maximum atomic E-state index is 12.9. The van der Waals surface area contributed by atoms with Gasteiger partial charge in [0, 0.05) is 5.39 Å². The van der Waals surface area contributed by atoms with Crippen LogP contribution in [0.2, 0.25) is 0 Å². The second-order valence-electron chi connectivity index (χ2n) is 2.75. The molecule has 0 atom stereocenters. The third kappa shape index (κ3) is 1.29. The normalized spacial score (nSPS) is 10.6. The molecule has 1 aromatic carbocycles. The van der Waals surface area contributed by atoms with Gasteiger partial charge in [0.25, 0.3) is 5.69 Å². The topological polar surface area (TPSA) is 69.2 Å². The van der Waals surface area contributed by atoms with E-state index in [1.165, 1.54) is 12.1 Å². The van der Waals surface area contributed by atoms with E-state index >= 15 is 0 Å². The highest BCUT2D eigenvalue weighted by Crippen LogP contribution is 2.35. The monoisotopic (exact) mass is 212 g/mol. The maximum absolute atomic E-state index is 12.9. The number of hydrogen-bond donors (Lipinski definition) is 1. The lowest BCUT2D eigenvalue weighted by molar-refractivity contribution is -0.383. The Morgan fingerprint density at radius 2 is 2.14 bits per heavy atom. The van der Waals surface area contributed by atoms with Gasteiger partial charge in [0.1, 0.15) is 10.5 Å². The molecule has 14 heavy (non-hydrogen) atoms. The van der Waals surface area contributed by atoms with E-state index < -0.39 is 10.7 Å². The third-order valence-corrected chi connectivity index (χ3v) is 2.78. The van der Waals surface area contributed by atoms with Crippen LogP contribution >= 0.6 is 11.3 Å². The van der Waals surface area contributed by atoms with E-state index in [0.29, 0.717) is 15.1 Å². The summed E-state index contributed by atoms with van der Waals surface area (Å²) in [5.74, 6) is -0.623. The van der Waals surface area contributed by atoms with E-state index in [0.717, 1.165) is 17.4 Å². The van der Waals surface area contributed by atoms with Crippen molar-refractivity contribution in [2.75, 3.05) is 5.73 Å². The molecule has 1 aromatic heterocycles. The summed E-state index contributed by atoms with van der Waals surface area (Å²) in [5, 5.41) is 11.5. The lowest BCUT2D eigenvalue weighted by Crippen LogP contribution is -1.88. The van der Waals surface area contributed by atoms with Crippen LogP contribution in [0.25, 0.3) is 10.1 Å². The van der Waals surface area contributed by atoms with Gasteiger partial charge in [-0.15, -0.1) is 11.3 Å². The van der Waals surface area contributed by atoms with Crippen molar-refractivity contribution in [3.63, 3.8) is 0 Å². The fraction of sp³-hybridized carbons (Fsp3) is 0. The van der Waals surface area contributed by atoms with E-state index in [1.54, 1.807) is 0 Å². The summed E-state index contributed by atoms with van der Waals surface area (Å²) >= 11 is 1.09. The number of nitro groups is 1. The molecule has 1 heterocycles. The van der Waals surface area contributed by atoms with Crippen molar-refractivity contribution in [1.29, 1.82) is 0 Å². The van der Waals surface area contributed by atoms with E-state index in [2.05, 4.69) is 0 Å². The molecule has 2 rings (SSSR count). The van der Waals surface area contributed by atoms with Crippen LogP contribution < -0.4 is 5.73 Å². The lowest BCUT2D eigenvalue weighted by Gasteiger charge is -1.93. The number of non-ortho nitro benzene ring substituents is 1. The van der Waals surface area contributed by atoms with Gasteiger partial charge in [0.2, 0.25) is 0 Å². The number of anilines is 1. The van der Waals surface area contributed by atoms with Crippen molar-refractivity contribution in [2.45, 2.75) is 0 Å². The summed E-state index contributed by atoms with van der Waals surface area (Å²) in [5.41, 5.74) is 5.25. The van der Waals surface area contributed by atoms with Gasteiger partial charge in [-0.1, -0.05) is 0 Å². The number of nitrogens with zero attached hydrogens (tertiary/aromatic N) is 1. The molecule has 0 amide bonds. The molecule has 2 N–H and O–H groups in total. The average molecular weight is 212 g/mol. The Kier molecular flexibility index (Phi) is 1.85. The Bertz CT molecular complexity index is 523. The van der Waals surface area contributed by atoms with Gasteiger partial charge < -0.3 is 5.73 Å². The minimum atomic E-state index is -0.623. The predicted octanol–water partition coefficient (Wildman–Crippen LogP) is 2.53. The first-order valence-corrected chi connectivity index (χ1v) is 4.52. The zero-order valence-electron chi connectivity index (χ0n) is 6.86. The molecule has 72 valence electrons. The van der Waals surface area contributed by atoms with Crippen molar-refractivity contribution in [2.24, 2.45) is 0 Å². The van der Waals surface area contributed by atoms with Crippen LogP contribution in [0.3, 0.4) is 0 Å². The van der Waals surface area contributed by atoms with Gasteiger partial charge in [-0.2, -0.15) is 0 Å². The van der Waals surface area contributed by atoms with Crippen molar-refractivity contribution >= 4 is 32.1 Å². The molecule has 0 aliphatic carbocycles. The van der Waals surface area contributed by atoms with Crippen molar-refractivity contribution < 1.29 is 9.31 Å². The summed E-state index contributed by atoms with van der Waals surface area (Å²) < 4.78 is 13.3. The molecule has 0 radical (unpaired) electrons. The predicted molar refractivity (Wildman–Crippen MR) is 52.8 cm³/mol. The molecular weight excluding hydrogens is 207 g/mol. The van der Waals surface area contributed by atoms with Gasteiger partial charge in [-0.05, 0) is 12.1 Å². The Morgan fingerprint density at radius 3 is 2.79 bits per heavy atom. The Morgan fingerprint density at radius 1 is 1.43 bits per heavy atom. The van der Waals surface area contributed by atoms with Crippen molar-refractivity contribution in [3.05, 3.63) is 34.1 Å². The Balaban J connectivity index is 2.85. The van der Waals surface area contributed by atoms with Crippen LogP contribution in [0, 0.1) is 15.9 Å². The summed E-state index contributed by atoms with van der Waals surface area (Å²) in [4.78, 5) is 9.97. The molecule has 0 unspecified atom stereocenters. The highest BCUT2D eigenvalue weighted by Gasteiger charge is 2.16. The second-order valence-corrected chi connectivity index (χ2v) is 3.83. The van der Waals surface area contributed by atoms with Crippen LogP contribution in [0.4, 0.5) is 15.1 Å². The quantitative estimate of drug-likeness (QED) is 0.583. The first kappa shape index (κ1) is 8.89. The summed E-state index contributed by atoms with van der Waals surface area (Å²) in [7, 11) is 0. The number of fused-ring (bicyclic) bond motifs is 1. The first-order valence-electron chi connectivity index (χ1n) is 3.71. The smallest absolute Gasteiger partial charge is 0.290 e. The van der Waals surface area contributed by atoms with Crippen LogP contribution in [0.15, 0.2) is 18.2 Å². The van der Waals surface area contributed by atoms with E-state index in [9.17, 15) is 14.5 Å². The zero-order chi connectivity index (χ0) is 10.3. The molecule has 0 saturated carbocycles. The first-order chi connectivity index (χ1) is 6.58. The van der Waals surface area contributed by atoms with Crippen LogP contribution in [0.5, 0.6) is 0 Å². The molecule has 2 aromatic rings. The minimum Gasteiger partial charge on any atom is -0.391 e. The molecular formula is C8H5FN2O2S. The fourth-order valence-electron chi connectivity index (χ4n) is 1.25. The van der Waals surface area contributed by atoms with Gasteiger partial charge in [-0.3, -0.25) is 10.1 Å². The van der Waals surface area contributed by atoms with Gasteiger partial charge in [-0.25, -0.2) is 4.39 Å². The third-order valence-electron chi connectivity index (χ3n) is 1.78. The average Bonchev–Trinajstić information content (AvgIpc) is 2.42. The maximum Gasteiger partial charge on any atom is 0.290 e. The molecule has 0 fully saturated rings. The number of rotatable bonds is 1. The number of benzene rings is 1. The number of halogens is 1. The highest BCUT2D eigenvalue weighted by molar-refractivity contribution is 7.23. The zero-order valence-corrected chi connectivity index (χ0v) is 7.68. The van der Waals surface area contributed by atoms with Gasteiger partial charge in [0.15, 0.2) is 0 Å². The second kappa shape index (κ2) is 2.91. The Hall–Kier alpha value is -1.69. The Labute approximate surface area is 81.9 Å². The SMILES string of the molecule is Nc1cc2cc(F)cc([N+](=O)[O-])c2s1. The molecule has 0 aliphatic rings. The van der Waals surface area contributed by atoms with Crippen LogP contribution in [0.1, 0.15) is 0 Å². The molecule has 0 spiro atoms. The van der Waals surface area contributed by atoms with E-state index in [1.807, 2.05) is 0 Å². The summed E-state index contributed by atoms with van der Waals surface area (Å²) in [6.45, 7) is 0. The van der Waals surface area contributed by atoms with Crippen molar-refractivity contribution in [1.82, 2.24) is 0 Å². The summed E-state index contributed by atoms with van der Waals surface area (Å²) in [6, 6.07) is 3.66. The lowest BCUT2D eigenvalue weighted by atomic mass is 10.2. The minimum absolute atomic E-state index is 0.235. The highest BCUT2D eigenvalue weighted by atomic mass is 32.1. The number of nitrogens with two attached hydrogens (primary N) is 1. The molecule has 0 bridgehead atoms. The van der Waals surface area contributed by atoms with Crippen molar-refractivity contribution in [3.8, 4) is 0 Å². The number of hydrogen-bond acceptors (Lipinski definition) is 4. The number of nitro benzene ring substituents is 1. The standard InChI is InChI=1S/C8H5FN2O2S/c9-5-1-4-2-7(10)14-8(4)6(3-5)11(12)13/h1-3H,10H2. The summed E-state index contributed by atoms with van der Waals surface area (Å²) in [6.07, 6.45) is 0. The molecule has 0 aliphatic heterocycles. The van der Waals surface area contributed by atoms with Crippen LogP contribution in [-0.2, 0) is 0 Å². The molecule has 0 saturated heterocycles.